The molecule has 0 atom stereocenters. The summed E-state index contributed by atoms with van der Waals surface area (Å²) in [4.78, 5) is 12.3. The number of ether oxygens (including phenoxy) is 2. The molecule has 154 valence electrons. The molecule has 1 heterocycles. The molecular formula is C17H28ClN3O5S. The van der Waals surface area contributed by atoms with E-state index in [9.17, 15) is 13.2 Å². The van der Waals surface area contributed by atoms with Crippen LogP contribution >= 0.6 is 12.4 Å². The molecule has 1 aliphatic rings. The molecule has 0 aromatic heterocycles. The molecule has 27 heavy (non-hydrogen) atoms. The summed E-state index contributed by atoms with van der Waals surface area (Å²) in [5.74, 6) is 0.275. The number of morpholine rings is 1. The van der Waals surface area contributed by atoms with Crippen molar-refractivity contribution >= 4 is 34.0 Å². The van der Waals surface area contributed by atoms with Crippen LogP contribution in [0, 0.1) is 0 Å². The predicted molar refractivity (Wildman–Crippen MR) is 106 cm³/mol. The molecule has 1 aromatic rings. The number of nitrogens with zero attached hydrogens (tertiary/aromatic N) is 1. The molecule has 10 heteroatoms. The Balaban J connectivity index is 0.00000364. The topological polar surface area (TPSA) is 97.0 Å². The molecular weight excluding hydrogens is 394 g/mol. The summed E-state index contributed by atoms with van der Waals surface area (Å²) in [7, 11) is -1.81. The lowest BCUT2D eigenvalue weighted by molar-refractivity contribution is -0.116. The Morgan fingerprint density at radius 1 is 1.30 bits per heavy atom. The van der Waals surface area contributed by atoms with E-state index in [0.717, 1.165) is 6.54 Å². The van der Waals surface area contributed by atoms with E-state index in [2.05, 4.69) is 10.6 Å². The van der Waals surface area contributed by atoms with Crippen LogP contribution in [0.5, 0.6) is 5.75 Å². The smallest absolute Gasteiger partial charge is 0.243 e. The van der Waals surface area contributed by atoms with E-state index in [1.165, 1.54) is 16.4 Å². The van der Waals surface area contributed by atoms with Crippen LogP contribution in [-0.2, 0) is 19.6 Å². The lowest BCUT2D eigenvalue weighted by Gasteiger charge is -2.26. The number of carbonyl (C=O) groups is 1. The summed E-state index contributed by atoms with van der Waals surface area (Å²) in [6, 6.07) is 4.55. The molecule has 0 bridgehead atoms. The van der Waals surface area contributed by atoms with Gasteiger partial charge in [0.25, 0.3) is 0 Å². The van der Waals surface area contributed by atoms with E-state index in [1.807, 2.05) is 14.0 Å². The Morgan fingerprint density at radius 2 is 2.00 bits per heavy atom. The van der Waals surface area contributed by atoms with Crippen LogP contribution in [0.1, 0.15) is 19.8 Å². The number of halogens is 1. The number of amides is 1. The van der Waals surface area contributed by atoms with Crippen molar-refractivity contribution in [3.05, 3.63) is 18.2 Å². The minimum atomic E-state index is -3.64. The molecule has 0 aliphatic carbocycles. The number of rotatable bonds is 9. The number of carbonyl (C=O) groups excluding carboxylic acids is 1. The SMILES string of the molecule is CCOc1ccc(S(=O)(=O)N2CCOCC2)cc1NC(=O)CCCNC.Cl. The van der Waals surface area contributed by atoms with Crippen LogP contribution < -0.4 is 15.4 Å². The van der Waals surface area contributed by atoms with Gasteiger partial charge in [0.2, 0.25) is 15.9 Å². The summed E-state index contributed by atoms with van der Waals surface area (Å²) in [5, 5.41) is 5.75. The quantitative estimate of drug-likeness (QED) is 0.586. The highest BCUT2D eigenvalue weighted by atomic mass is 35.5. The van der Waals surface area contributed by atoms with E-state index < -0.39 is 10.0 Å². The summed E-state index contributed by atoms with van der Waals surface area (Å²) >= 11 is 0. The Morgan fingerprint density at radius 3 is 2.63 bits per heavy atom. The Kier molecular flexibility index (Phi) is 10.0. The van der Waals surface area contributed by atoms with E-state index >= 15 is 0 Å². The van der Waals surface area contributed by atoms with Gasteiger partial charge in [0, 0.05) is 19.5 Å². The molecule has 1 aromatic carbocycles. The maximum absolute atomic E-state index is 12.8. The molecule has 1 amide bonds. The van der Waals surface area contributed by atoms with Crippen molar-refractivity contribution < 1.29 is 22.7 Å². The van der Waals surface area contributed by atoms with E-state index in [4.69, 9.17) is 9.47 Å². The third-order valence-electron chi connectivity index (χ3n) is 3.96. The van der Waals surface area contributed by atoms with Crippen molar-refractivity contribution in [1.29, 1.82) is 0 Å². The highest BCUT2D eigenvalue weighted by Crippen LogP contribution is 2.29. The number of benzene rings is 1. The molecule has 1 saturated heterocycles. The lowest BCUT2D eigenvalue weighted by Crippen LogP contribution is -2.40. The third-order valence-corrected chi connectivity index (χ3v) is 5.86. The van der Waals surface area contributed by atoms with Gasteiger partial charge in [-0.15, -0.1) is 12.4 Å². The normalized spacial score (nSPS) is 15.0. The van der Waals surface area contributed by atoms with Crippen molar-refractivity contribution in [3.8, 4) is 5.75 Å². The van der Waals surface area contributed by atoms with Gasteiger partial charge in [0.05, 0.1) is 30.4 Å². The van der Waals surface area contributed by atoms with Crippen LogP contribution in [0.4, 0.5) is 5.69 Å². The summed E-state index contributed by atoms with van der Waals surface area (Å²) in [6.45, 7) is 4.38. The van der Waals surface area contributed by atoms with Crippen LogP contribution in [0.15, 0.2) is 23.1 Å². The van der Waals surface area contributed by atoms with Gasteiger partial charge in [0.1, 0.15) is 5.75 Å². The number of hydrogen-bond acceptors (Lipinski definition) is 6. The van der Waals surface area contributed by atoms with Crippen LogP contribution in [0.25, 0.3) is 0 Å². The maximum atomic E-state index is 12.8. The molecule has 8 nitrogen and oxygen atoms in total. The maximum Gasteiger partial charge on any atom is 0.243 e. The number of anilines is 1. The second kappa shape index (κ2) is 11.5. The fourth-order valence-electron chi connectivity index (χ4n) is 2.62. The fourth-order valence-corrected chi connectivity index (χ4v) is 4.06. The van der Waals surface area contributed by atoms with Gasteiger partial charge in [-0.3, -0.25) is 4.79 Å². The van der Waals surface area contributed by atoms with Crippen LogP contribution in [0.2, 0.25) is 0 Å². The summed E-state index contributed by atoms with van der Waals surface area (Å²) < 4.78 is 37.8. The average molecular weight is 422 g/mol. The second-order valence-electron chi connectivity index (χ2n) is 5.86. The van der Waals surface area contributed by atoms with Gasteiger partial charge < -0.3 is 20.1 Å². The first-order valence-corrected chi connectivity index (χ1v) is 10.2. The first-order valence-electron chi connectivity index (χ1n) is 8.78. The number of nitrogens with one attached hydrogen (secondary N) is 2. The molecule has 2 N–H and O–H groups in total. The van der Waals surface area contributed by atoms with Crippen molar-refractivity contribution in [2.75, 3.05) is 51.8 Å². The first kappa shape index (κ1) is 23.6. The third kappa shape index (κ3) is 6.62. The van der Waals surface area contributed by atoms with E-state index in [0.29, 0.717) is 57.2 Å². The van der Waals surface area contributed by atoms with Gasteiger partial charge in [0.15, 0.2) is 0 Å². The molecule has 0 saturated carbocycles. The lowest BCUT2D eigenvalue weighted by atomic mass is 10.2. The highest BCUT2D eigenvalue weighted by molar-refractivity contribution is 7.89. The van der Waals surface area contributed by atoms with Crippen molar-refractivity contribution in [3.63, 3.8) is 0 Å². The number of hydrogen-bond donors (Lipinski definition) is 2. The Labute approximate surface area is 167 Å². The standard InChI is InChI=1S/C17H27N3O5S.ClH/c1-3-25-16-7-6-14(26(22,23)20-9-11-24-12-10-20)13-15(16)19-17(21)5-4-8-18-2;/h6-7,13,18H,3-5,8-12H2,1-2H3,(H,19,21);1H. The van der Waals surface area contributed by atoms with Crippen LogP contribution in [0.3, 0.4) is 0 Å². The zero-order valence-electron chi connectivity index (χ0n) is 15.7. The Hall–Kier alpha value is -1.39. The predicted octanol–water partition coefficient (Wildman–Crippen LogP) is 1.47. The summed E-state index contributed by atoms with van der Waals surface area (Å²) in [6.07, 6.45) is 1.03. The van der Waals surface area contributed by atoms with Gasteiger partial charge >= 0.3 is 0 Å². The summed E-state index contributed by atoms with van der Waals surface area (Å²) in [5.41, 5.74) is 0.371. The fraction of sp³-hybridized carbons (Fsp3) is 0.588. The van der Waals surface area contributed by atoms with Gasteiger partial charge in [-0.05, 0) is 45.1 Å². The van der Waals surface area contributed by atoms with E-state index in [1.54, 1.807) is 6.07 Å². The van der Waals surface area contributed by atoms with Gasteiger partial charge in [-0.1, -0.05) is 0 Å². The van der Waals surface area contributed by atoms with Crippen molar-refractivity contribution in [1.82, 2.24) is 9.62 Å². The average Bonchev–Trinajstić information content (AvgIpc) is 2.64. The first-order chi connectivity index (χ1) is 12.5. The van der Waals surface area contributed by atoms with Gasteiger partial charge in [-0.2, -0.15) is 4.31 Å². The minimum absolute atomic E-state index is 0. The van der Waals surface area contributed by atoms with E-state index in [-0.39, 0.29) is 23.2 Å². The highest BCUT2D eigenvalue weighted by Gasteiger charge is 2.27. The number of sulfonamides is 1. The van der Waals surface area contributed by atoms with Gasteiger partial charge in [-0.25, -0.2) is 8.42 Å². The second-order valence-corrected chi connectivity index (χ2v) is 7.80. The minimum Gasteiger partial charge on any atom is -0.492 e. The zero-order valence-corrected chi connectivity index (χ0v) is 17.3. The monoisotopic (exact) mass is 421 g/mol. The molecule has 0 radical (unpaired) electrons. The zero-order chi connectivity index (χ0) is 19.0. The molecule has 2 rings (SSSR count). The largest absolute Gasteiger partial charge is 0.492 e. The van der Waals surface area contributed by atoms with Crippen molar-refractivity contribution in [2.45, 2.75) is 24.7 Å². The van der Waals surface area contributed by atoms with Crippen molar-refractivity contribution in [2.24, 2.45) is 0 Å². The Bertz CT molecular complexity index is 709. The molecule has 1 aliphatic heterocycles. The molecule has 0 unspecified atom stereocenters. The van der Waals surface area contributed by atoms with Crippen LogP contribution in [-0.4, -0.2) is 65.1 Å². The molecule has 0 spiro atoms. The molecule has 1 fully saturated rings.